The van der Waals surface area contributed by atoms with Crippen molar-refractivity contribution in [3.63, 3.8) is 0 Å². The molecule has 2 aromatic rings. The number of hydrogen-bond donors (Lipinski definition) is 1. The van der Waals surface area contributed by atoms with Crippen molar-refractivity contribution < 1.29 is 19.3 Å². The molecule has 0 atom stereocenters. The second-order valence-corrected chi connectivity index (χ2v) is 4.51. The van der Waals surface area contributed by atoms with E-state index in [0.29, 0.717) is 24.7 Å². The van der Waals surface area contributed by atoms with Crippen LogP contribution in [0.4, 0.5) is 0 Å². The quantitative estimate of drug-likeness (QED) is 0.850. The lowest BCUT2D eigenvalue weighted by molar-refractivity contribution is 0.263. The predicted octanol–water partition coefficient (Wildman–Crippen LogP) is 3.17. The van der Waals surface area contributed by atoms with Gasteiger partial charge in [-0.2, -0.15) is 0 Å². The van der Waals surface area contributed by atoms with Crippen LogP contribution in [0.3, 0.4) is 0 Å². The largest absolute Gasteiger partial charge is 0.497 e. The molecule has 0 amide bonds. The summed E-state index contributed by atoms with van der Waals surface area (Å²) in [5.41, 5.74) is 1.85. The maximum atomic E-state index is 9.17. The van der Waals surface area contributed by atoms with E-state index in [1.807, 2.05) is 43.3 Å². The molecule has 112 valence electrons. The monoisotopic (exact) mass is 288 g/mol. The van der Waals surface area contributed by atoms with Crippen LogP contribution in [0, 0.1) is 0 Å². The van der Waals surface area contributed by atoms with E-state index in [0.717, 1.165) is 16.9 Å². The van der Waals surface area contributed by atoms with Crippen LogP contribution >= 0.6 is 0 Å². The molecule has 0 radical (unpaired) electrons. The molecule has 0 unspecified atom stereocenters. The van der Waals surface area contributed by atoms with Gasteiger partial charge >= 0.3 is 0 Å². The molecule has 2 rings (SSSR count). The van der Waals surface area contributed by atoms with E-state index in [4.69, 9.17) is 14.2 Å². The third-order valence-corrected chi connectivity index (χ3v) is 3.04. The molecule has 0 saturated carbocycles. The molecule has 2 aromatic carbocycles. The predicted molar refractivity (Wildman–Crippen MR) is 80.9 cm³/mol. The first kappa shape index (κ1) is 15.2. The molecular formula is C17H20O4. The van der Waals surface area contributed by atoms with Gasteiger partial charge in [0, 0.05) is 0 Å². The van der Waals surface area contributed by atoms with Crippen LogP contribution in [-0.4, -0.2) is 18.8 Å². The fourth-order valence-electron chi connectivity index (χ4n) is 1.92. The highest BCUT2D eigenvalue weighted by Crippen LogP contribution is 2.29. The Bertz CT molecular complexity index is 564. The number of benzene rings is 2. The highest BCUT2D eigenvalue weighted by atomic mass is 16.5. The molecule has 0 aromatic heterocycles. The second kappa shape index (κ2) is 7.55. The first-order chi connectivity index (χ1) is 10.3. The lowest BCUT2D eigenvalue weighted by atomic mass is 10.2. The fraction of sp³-hybridized carbons (Fsp3) is 0.294. The molecular weight excluding hydrogens is 268 g/mol. The van der Waals surface area contributed by atoms with Crippen LogP contribution in [0.5, 0.6) is 17.2 Å². The summed E-state index contributed by atoms with van der Waals surface area (Å²) in [4.78, 5) is 0. The Morgan fingerprint density at radius 1 is 0.905 bits per heavy atom. The van der Waals surface area contributed by atoms with Gasteiger partial charge in [-0.1, -0.05) is 18.2 Å². The Hall–Kier alpha value is -2.20. The third kappa shape index (κ3) is 4.13. The average Bonchev–Trinajstić information content (AvgIpc) is 2.54. The molecule has 4 heteroatoms. The molecule has 4 nitrogen and oxygen atoms in total. The summed E-state index contributed by atoms with van der Waals surface area (Å²) < 4.78 is 16.5. The minimum atomic E-state index is -0.0150. The van der Waals surface area contributed by atoms with Crippen molar-refractivity contribution in [3.05, 3.63) is 53.6 Å². The van der Waals surface area contributed by atoms with E-state index in [9.17, 15) is 5.11 Å². The van der Waals surface area contributed by atoms with Crippen LogP contribution < -0.4 is 14.2 Å². The molecule has 1 N–H and O–H groups in total. The second-order valence-electron chi connectivity index (χ2n) is 4.51. The molecule has 0 saturated heterocycles. The van der Waals surface area contributed by atoms with Crippen molar-refractivity contribution in [2.45, 2.75) is 20.1 Å². The van der Waals surface area contributed by atoms with Gasteiger partial charge in [0.05, 0.1) is 20.3 Å². The van der Waals surface area contributed by atoms with Crippen LogP contribution in [0.15, 0.2) is 42.5 Å². The van der Waals surface area contributed by atoms with E-state index in [1.165, 1.54) is 0 Å². The van der Waals surface area contributed by atoms with Crippen molar-refractivity contribution >= 4 is 0 Å². The molecule has 0 heterocycles. The Morgan fingerprint density at radius 2 is 1.62 bits per heavy atom. The summed E-state index contributed by atoms with van der Waals surface area (Å²) in [5, 5.41) is 9.17. The Kier molecular flexibility index (Phi) is 5.46. The molecule has 0 fully saturated rings. The first-order valence-corrected chi connectivity index (χ1v) is 6.89. The molecule has 0 bridgehead atoms. The van der Waals surface area contributed by atoms with Gasteiger partial charge in [-0.15, -0.1) is 0 Å². The van der Waals surface area contributed by atoms with Gasteiger partial charge in [0.2, 0.25) is 0 Å². The Balaban J connectivity index is 2.07. The third-order valence-electron chi connectivity index (χ3n) is 3.04. The molecule has 0 aliphatic heterocycles. The van der Waals surface area contributed by atoms with Gasteiger partial charge in [0.15, 0.2) is 11.5 Å². The van der Waals surface area contributed by atoms with E-state index >= 15 is 0 Å². The highest BCUT2D eigenvalue weighted by Gasteiger charge is 2.07. The summed E-state index contributed by atoms with van der Waals surface area (Å²) in [6, 6.07) is 13.2. The molecule has 21 heavy (non-hydrogen) atoms. The van der Waals surface area contributed by atoms with E-state index in [-0.39, 0.29) is 6.61 Å². The standard InChI is InChI=1S/C17H20O4/c1-3-20-17-10-14(11-18)6-9-16(17)21-12-13-4-7-15(19-2)8-5-13/h4-10,18H,3,11-12H2,1-2H3. The zero-order chi connectivity index (χ0) is 15.1. The number of methoxy groups -OCH3 is 1. The van der Waals surface area contributed by atoms with Crippen molar-refractivity contribution in [2.24, 2.45) is 0 Å². The van der Waals surface area contributed by atoms with E-state index in [2.05, 4.69) is 0 Å². The molecule has 0 spiro atoms. The number of hydrogen-bond acceptors (Lipinski definition) is 4. The lowest BCUT2D eigenvalue weighted by Crippen LogP contribution is -2.00. The normalized spacial score (nSPS) is 10.2. The summed E-state index contributed by atoms with van der Waals surface area (Å²) in [7, 11) is 1.64. The molecule has 0 aliphatic rings. The van der Waals surface area contributed by atoms with Crippen LogP contribution in [0.25, 0.3) is 0 Å². The smallest absolute Gasteiger partial charge is 0.161 e. The maximum absolute atomic E-state index is 9.17. The van der Waals surface area contributed by atoms with Crippen LogP contribution in [0.1, 0.15) is 18.1 Å². The van der Waals surface area contributed by atoms with Crippen molar-refractivity contribution in [2.75, 3.05) is 13.7 Å². The Labute approximate surface area is 124 Å². The van der Waals surface area contributed by atoms with Crippen LogP contribution in [0.2, 0.25) is 0 Å². The van der Waals surface area contributed by atoms with Gasteiger partial charge in [0.25, 0.3) is 0 Å². The highest BCUT2D eigenvalue weighted by molar-refractivity contribution is 5.43. The maximum Gasteiger partial charge on any atom is 0.161 e. The van der Waals surface area contributed by atoms with E-state index in [1.54, 1.807) is 13.2 Å². The minimum Gasteiger partial charge on any atom is -0.497 e. The minimum absolute atomic E-state index is 0.0150. The summed E-state index contributed by atoms with van der Waals surface area (Å²) in [6.45, 7) is 2.90. The van der Waals surface area contributed by atoms with Crippen molar-refractivity contribution in [1.29, 1.82) is 0 Å². The van der Waals surface area contributed by atoms with Gasteiger partial charge in [0.1, 0.15) is 12.4 Å². The average molecular weight is 288 g/mol. The zero-order valence-electron chi connectivity index (χ0n) is 12.3. The van der Waals surface area contributed by atoms with E-state index < -0.39 is 0 Å². The summed E-state index contributed by atoms with van der Waals surface area (Å²) in [6.07, 6.45) is 0. The zero-order valence-corrected chi connectivity index (χ0v) is 12.3. The number of rotatable bonds is 7. The van der Waals surface area contributed by atoms with Gasteiger partial charge in [-0.05, 0) is 42.3 Å². The molecule has 0 aliphatic carbocycles. The summed E-state index contributed by atoms with van der Waals surface area (Å²) >= 11 is 0. The number of aliphatic hydroxyl groups is 1. The van der Waals surface area contributed by atoms with Crippen molar-refractivity contribution in [1.82, 2.24) is 0 Å². The van der Waals surface area contributed by atoms with Crippen molar-refractivity contribution in [3.8, 4) is 17.2 Å². The lowest BCUT2D eigenvalue weighted by Gasteiger charge is -2.13. The SMILES string of the molecule is CCOc1cc(CO)ccc1OCc1ccc(OC)cc1. The van der Waals surface area contributed by atoms with Gasteiger partial charge in [-0.3, -0.25) is 0 Å². The van der Waals surface area contributed by atoms with Gasteiger partial charge < -0.3 is 19.3 Å². The summed E-state index contributed by atoms with van der Waals surface area (Å²) in [5.74, 6) is 2.14. The van der Waals surface area contributed by atoms with Crippen LogP contribution in [-0.2, 0) is 13.2 Å². The topological polar surface area (TPSA) is 47.9 Å². The number of ether oxygens (including phenoxy) is 3. The Morgan fingerprint density at radius 3 is 2.24 bits per heavy atom. The first-order valence-electron chi connectivity index (χ1n) is 6.89. The van der Waals surface area contributed by atoms with Gasteiger partial charge in [-0.25, -0.2) is 0 Å². The number of aliphatic hydroxyl groups excluding tert-OH is 1. The fourth-order valence-corrected chi connectivity index (χ4v) is 1.92.